The van der Waals surface area contributed by atoms with E-state index in [4.69, 9.17) is 5.73 Å². The SMILES string of the molecule is CN(CCN)c1cccnc1. The van der Waals surface area contributed by atoms with Gasteiger partial charge in [0.2, 0.25) is 0 Å². The second-order valence-electron chi connectivity index (χ2n) is 2.42. The molecule has 0 atom stereocenters. The van der Waals surface area contributed by atoms with Gasteiger partial charge in [-0.2, -0.15) is 0 Å². The molecule has 60 valence electrons. The lowest BCUT2D eigenvalue weighted by Gasteiger charge is -2.16. The first kappa shape index (κ1) is 8.01. The molecule has 0 aliphatic carbocycles. The van der Waals surface area contributed by atoms with Crippen LogP contribution < -0.4 is 10.6 Å². The van der Waals surface area contributed by atoms with Gasteiger partial charge in [-0.05, 0) is 12.1 Å². The molecular formula is C8H13N3. The van der Waals surface area contributed by atoms with E-state index in [1.54, 1.807) is 6.20 Å². The third-order valence-electron chi connectivity index (χ3n) is 1.55. The molecule has 1 aromatic rings. The van der Waals surface area contributed by atoms with Gasteiger partial charge in [-0.25, -0.2) is 0 Å². The average molecular weight is 151 g/mol. The molecule has 0 radical (unpaired) electrons. The first-order valence-electron chi connectivity index (χ1n) is 3.66. The van der Waals surface area contributed by atoms with Gasteiger partial charge in [0.05, 0.1) is 11.9 Å². The van der Waals surface area contributed by atoms with E-state index in [0.717, 1.165) is 12.2 Å². The van der Waals surface area contributed by atoms with Crippen molar-refractivity contribution >= 4 is 5.69 Å². The van der Waals surface area contributed by atoms with Crippen LogP contribution in [0.3, 0.4) is 0 Å². The first-order valence-corrected chi connectivity index (χ1v) is 3.66. The first-order chi connectivity index (χ1) is 5.34. The van der Waals surface area contributed by atoms with E-state index in [1.807, 2.05) is 25.4 Å². The molecule has 3 nitrogen and oxygen atoms in total. The summed E-state index contributed by atoms with van der Waals surface area (Å²) in [5.41, 5.74) is 6.51. The van der Waals surface area contributed by atoms with Crippen molar-refractivity contribution in [1.29, 1.82) is 0 Å². The summed E-state index contributed by atoms with van der Waals surface area (Å²) < 4.78 is 0. The molecule has 1 rings (SSSR count). The number of likely N-dealkylation sites (N-methyl/N-ethyl adjacent to an activating group) is 1. The van der Waals surface area contributed by atoms with Gasteiger partial charge in [-0.3, -0.25) is 4.98 Å². The van der Waals surface area contributed by atoms with Crippen molar-refractivity contribution in [3.05, 3.63) is 24.5 Å². The van der Waals surface area contributed by atoms with E-state index in [0.29, 0.717) is 6.54 Å². The van der Waals surface area contributed by atoms with Crippen LogP contribution in [0.2, 0.25) is 0 Å². The molecule has 0 bridgehead atoms. The summed E-state index contributed by atoms with van der Waals surface area (Å²) >= 11 is 0. The predicted octanol–water partition coefficient (Wildman–Crippen LogP) is 0.476. The lowest BCUT2D eigenvalue weighted by atomic mass is 10.4. The topological polar surface area (TPSA) is 42.1 Å². The normalized spacial score (nSPS) is 9.64. The van der Waals surface area contributed by atoms with Crippen molar-refractivity contribution in [2.45, 2.75) is 0 Å². The van der Waals surface area contributed by atoms with E-state index in [2.05, 4.69) is 9.88 Å². The van der Waals surface area contributed by atoms with Crippen LogP contribution in [-0.4, -0.2) is 25.1 Å². The molecule has 0 saturated carbocycles. The highest BCUT2D eigenvalue weighted by molar-refractivity contribution is 5.42. The average Bonchev–Trinajstić information content (AvgIpc) is 2.07. The Morgan fingerprint density at radius 3 is 3.00 bits per heavy atom. The largest absolute Gasteiger partial charge is 0.372 e. The highest BCUT2D eigenvalue weighted by Crippen LogP contribution is 2.07. The molecule has 1 aromatic heterocycles. The molecule has 11 heavy (non-hydrogen) atoms. The fraction of sp³-hybridized carbons (Fsp3) is 0.375. The maximum absolute atomic E-state index is 5.40. The van der Waals surface area contributed by atoms with Crippen molar-refractivity contribution in [3.63, 3.8) is 0 Å². The minimum absolute atomic E-state index is 0.672. The summed E-state index contributed by atoms with van der Waals surface area (Å²) in [4.78, 5) is 6.08. The van der Waals surface area contributed by atoms with Crippen LogP contribution in [0.4, 0.5) is 5.69 Å². The van der Waals surface area contributed by atoms with Gasteiger partial charge in [0.15, 0.2) is 0 Å². The quantitative estimate of drug-likeness (QED) is 0.683. The standard InChI is InChI=1S/C8H13N3/c1-11(6-4-9)8-3-2-5-10-7-8/h2-3,5,7H,4,6,9H2,1H3. The van der Waals surface area contributed by atoms with Crippen LogP contribution in [0.25, 0.3) is 0 Å². The Morgan fingerprint density at radius 2 is 2.45 bits per heavy atom. The van der Waals surface area contributed by atoms with Crippen LogP contribution in [0.1, 0.15) is 0 Å². The Kier molecular flexibility index (Phi) is 2.86. The van der Waals surface area contributed by atoms with E-state index in [9.17, 15) is 0 Å². The maximum Gasteiger partial charge on any atom is 0.0550 e. The number of aromatic nitrogens is 1. The third-order valence-corrected chi connectivity index (χ3v) is 1.55. The number of pyridine rings is 1. The molecule has 0 aliphatic rings. The smallest absolute Gasteiger partial charge is 0.0550 e. The van der Waals surface area contributed by atoms with Crippen molar-refractivity contribution in [3.8, 4) is 0 Å². The maximum atomic E-state index is 5.40. The molecule has 1 heterocycles. The second kappa shape index (κ2) is 3.93. The van der Waals surface area contributed by atoms with Gasteiger partial charge in [0, 0.05) is 26.3 Å². The zero-order valence-electron chi connectivity index (χ0n) is 6.70. The number of nitrogens with zero attached hydrogens (tertiary/aromatic N) is 2. The molecular weight excluding hydrogens is 138 g/mol. The lowest BCUT2D eigenvalue weighted by molar-refractivity contribution is 0.882. The van der Waals surface area contributed by atoms with Crippen molar-refractivity contribution in [1.82, 2.24) is 4.98 Å². The van der Waals surface area contributed by atoms with Crippen LogP contribution in [0.5, 0.6) is 0 Å². The number of nitrogens with two attached hydrogens (primary N) is 1. The van der Waals surface area contributed by atoms with Crippen molar-refractivity contribution < 1.29 is 0 Å². The van der Waals surface area contributed by atoms with Gasteiger partial charge < -0.3 is 10.6 Å². The van der Waals surface area contributed by atoms with Crippen LogP contribution in [0.15, 0.2) is 24.5 Å². The van der Waals surface area contributed by atoms with E-state index in [1.165, 1.54) is 0 Å². The fourth-order valence-corrected chi connectivity index (χ4v) is 0.902. The van der Waals surface area contributed by atoms with E-state index in [-0.39, 0.29) is 0 Å². The van der Waals surface area contributed by atoms with Crippen LogP contribution in [-0.2, 0) is 0 Å². The van der Waals surface area contributed by atoms with Gasteiger partial charge in [0.1, 0.15) is 0 Å². The molecule has 2 N–H and O–H groups in total. The van der Waals surface area contributed by atoms with Gasteiger partial charge in [0.25, 0.3) is 0 Å². The van der Waals surface area contributed by atoms with Crippen molar-refractivity contribution in [2.24, 2.45) is 5.73 Å². The van der Waals surface area contributed by atoms with Crippen molar-refractivity contribution in [2.75, 3.05) is 25.0 Å². The summed E-state index contributed by atoms with van der Waals surface area (Å²) in [6.07, 6.45) is 3.59. The van der Waals surface area contributed by atoms with E-state index < -0.39 is 0 Å². The number of hydrogen-bond acceptors (Lipinski definition) is 3. The summed E-state index contributed by atoms with van der Waals surface area (Å²) in [5.74, 6) is 0. The molecule has 0 unspecified atom stereocenters. The number of rotatable bonds is 3. The zero-order chi connectivity index (χ0) is 8.10. The number of hydrogen-bond donors (Lipinski definition) is 1. The fourth-order valence-electron chi connectivity index (χ4n) is 0.902. The second-order valence-corrected chi connectivity index (χ2v) is 2.42. The highest BCUT2D eigenvalue weighted by atomic mass is 15.1. The van der Waals surface area contributed by atoms with Gasteiger partial charge in [-0.1, -0.05) is 0 Å². The molecule has 0 saturated heterocycles. The lowest BCUT2D eigenvalue weighted by Crippen LogP contribution is -2.24. The summed E-state index contributed by atoms with van der Waals surface area (Å²) in [6, 6.07) is 3.94. The van der Waals surface area contributed by atoms with Crippen LogP contribution >= 0.6 is 0 Å². The Hall–Kier alpha value is -1.09. The zero-order valence-corrected chi connectivity index (χ0v) is 6.70. The van der Waals surface area contributed by atoms with Gasteiger partial charge in [-0.15, -0.1) is 0 Å². The Morgan fingerprint density at radius 1 is 1.64 bits per heavy atom. The third kappa shape index (κ3) is 2.20. The molecule has 0 fully saturated rings. The molecule has 0 spiro atoms. The minimum Gasteiger partial charge on any atom is -0.372 e. The Bertz CT molecular complexity index is 198. The molecule has 3 heteroatoms. The number of anilines is 1. The predicted molar refractivity (Wildman–Crippen MR) is 46.6 cm³/mol. The highest BCUT2D eigenvalue weighted by Gasteiger charge is 1.96. The Labute approximate surface area is 66.8 Å². The van der Waals surface area contributed by atoms with Gasteiger partial charge >= 0.3 is 0 Å². The van der Waals surface area contributed by atoms with E-state index >= 15 is 0 Å². The minimum atomic E-state index is 0.672. The molecule has 0 aromatic carbocycles. The molecule has 0 aliphatic heterocycles. The van der Waals surface area contributed by atoms with Crippen LogP contribution in [0, 0.1) is 0 Å². The summed E-state index contributed by atoms with van der Waals surface area (Å²) in [7, 11) is 2.00. The molecule has 0 amide bonds. The summed E-state index contributed by atoms with van der Waals surface area (Å²) in [5, 5.41) is 0. The monoisotopic (exact) mass is 151 g/mol. The Balaban J connectivity index is 2.61. The summed E-state index contributed by atoms with van der Waals surface area (Å²) in [6.45, 7) is 1.54.